The highest BCUT2D eigenvalue weighted by molar-refractivity contribution is 7.99. The van der Waals surface area contributed by atoms with E-state index in [9.17, 15) is 14.7 Å². The maximum absolute atomic E-state index is 12.2. The number of nitrogens with one attached hydrogen (secondary N) is 2. The van der Waals surface area contributed by atoms with Crippen molar-refractivity contribution in [3.63, 3.8) is 0 Å². The highest BCUT2D eigenvalue weighted by Crippen LogP contribution is 2.39. The van der Waals surface area contributed by atoms with E-state index in [-0.39, 0.29) is 30.6 Å². The van der Waals surface area contributed by atoms with Crippen LogP contribution in [0.25, 0.3) is 0 Å². The third kappa shape index (κ3) is 10.3. The van der Waals surface area contributed by atoms with E-state index in [4.69, 9.17) is 9.47 Å². The lowest BCUT2D eigenvalue weighted by Crippen LogP contribution is -2.31. The molecule has 3 unspecified atom stereocenters. The van der Waals surface area contributed by atoms with Crippen molar-refractivity contribution in [1.29, 1.82) is 0 Å². The molecule has 1 aliphatic rings. The molecule has 3 aromatic rings. The molecule has 3 atom stereocenters. The van der Waals surface area contributed by atoms with Crippen molar-refractivity contribution in [3.05, 3.63) is 101 Å². The van der Waals surface area contributed by atoms with Crippen LogP contribution in [0.3, 0.4) is 0 Å². The Morgan fingerprint density at radius 1 is 0.854 bits per heavy atom. The van der Waals surface area contributed by atoms with Crippen LogP contribution in [0.4, 0.5) is 0 Å². The summed E-state index contributed by atoms with van der Waals surface area (Å²) >= 11 is 1.78. The molecule has 0 aromatic heterocycles. The van der Waals surface area contributed by atoms with Gasteiger partial charge in [0.15, 0.2) is 6.29 Å². The summed E-state index contributed by atoms with van der Waals surface area (Å²) in [6.07, 6.45) is 3.17. The van der Waals surface area contributed by atoms with E-state index < -0.39 is 6.29 Å². The van der Waals surface area contributed by atoms with Crippen LogP contribution in [0.5, 0.6) is 0 Å². The zero-order valence-electron chi connectivity index (χ0n) is 23.6. The molecular weight excluding hydrogens is 536 g/mol. The fourth-order valence-electron chi connectivity index (χ4n) is 4.66. The van der Waals surface area contributed by atoms with Gasteiger partial charge >= 0.3 is 0 Å². The van der Waals surface area contributed by atoms with E-state index in [2.05, 4.69) is 22.8 Å². The van der Waals surface area contributed by atoms with Gasteiger partial charge in [-0.1, -0.05) is 73.2 Å². The third-order valence-electron chi connectivity index (χ3n) is 6.99. The number of carbonyl (C=O) groups excluding carboxylic acids is 2. The molecule has 41 heavy (non-hydrogen) atoms. The topological polar surface area (TPSA) is 96.9 Å². The van der Waals surface area contributed by atoms with Gasteiger partial charge in [-0.3, -0.25) is 9.59 Å². The van der Waals surface area contributed by atoms with E-state index in [1.165, 1.54) is 11.8 Å². The molecule has 218 valence electrons. The van der Waals surface area contributed by atoms with Gasteiger partial charge in [0.2, 0.25) is 11.8 Å². The van der Waals surface area contributed by atoms with Gasteiger partial charge in [0, 0.05) is 49.1 Å². The zero-order chi connectivity index (χ0) is 28.9. The minimum absolute atomic E-state index is 0.00122. The van der Waals surface area contributed by atoms with Gasteiger partial charge < -0.3 is 25.2 Å². The van der Waals surface area contributed by atoms with Crippen molar-refractivity contribution in [2.45, 2.75) is 75.6 Å². The van der Waals surface area contributed by atoms with Gasteiger partial charge in [-0.25, -0.2) is 0 Å². The molecule has 1 saturated heterocycles. The first kappa shape index (κ1) is 30.8. The first-order valence-corrected chi connectivity index (χ1v) is 15.3. The molecule has 0 bridgehead atoms. The van der Waals surface area contributed by atoms with Crippen molar-refractivity contribution in [1.82, 2.24) is 10.6 Å². The summed E-state index contributed by atoms with van der Waals surface area (Å²) in [6, 6.07) is 26.3. The summed E-state index contributed by atoms with van der Waals surface area (Å²) in [4.78, 5) is 24.4. The summed E-state index contributed by atoms with van der Waals surface area (Å²) in [7, 11) is 0. The largest absolute Gasteiger partial charge is 0.392 e. The van der Waals surface area contributed by atoms with E-state index in [1.54, 1.807) is 11.8 Å². The summed E-state index contributed by atoms with van der Waals surface area (Å²) in [6.45, 7) is 2.64. The number of hydrogen-bond acceptors (Lipinski definition) is 6. The molecule has 0 radical (unpaired) electrons. The molecule has 4 rings (SSSR count). The highest BCUT2D eigenvalue weighted by Gasteiger charge is 2.32. The lowest BCUT2D eigenvalue weighted by molar-refractivity contribution is -0.245. The van der Waals surface area contributed by atoms with Crippen LogP contribution in [-0.2, 0) is 32.2 Å². The number of hydrogen-bond donors (Lipinski definition) is 3. The Morgan fingerprint density at radius 2 is 1.56 bits per heavy atom. The smallest absolute Gasteiger partial charge is 0.220 e. The molecule has 1 aliphatic heterocycles. The minimum atomic E-state index is -0.506. The number of carbonyl (C=O) groups is 2. The fraction of sp³-hybridized carbons (Fsp3) is 0.394. The summed E-state index contributed by atoms with van der Waals surface area (Å²) in [5.41, 5.74) is 3.89. The highest BCUT2D eigenvalue weighted by atomic mass is 32.2. The number of thioether (sulfide) groups is 1. The summed E-state index contributed by atoms with van der Waals surface area (Å²) in [5, 5.41) is 15.2. The molecule has 0 spiro atoms. The summed E-state index contributed by atoms with van der Waals surface area (Å²) in [5.74, 6) is 0.818. The predicted octanol–water partition coefficient (Wildman–Crippen LogP) is 5.83. The fourth-order valence-corrected chi connectivity index (χ4v) is 5.60. The Morgan fingerprint density at radius 3 is 2.27 bits per heavy atom. The Balaban J connectivity index is 1.32. The maximum atomic E-state index is 12.2. The number of aliphatic hydroxyl groups excluding tert-OH is 1. The second-order valence-electron chi connectivity index (χ2n) is 10.3. The van der Waals surface area contributed by atoms with Crippen LogP contribution in [0.1, 0.15) is 73.7 Å². The molecule has 0 aliphatic carbocycles. The van der Waals surface area contributed by atoms with Crippen molar-refractivity contribution in [2.24, 2.45) is 0 Å². The Bertz CT molecular complexity index is 1220. The first-order valence-electron chi connectivity index (χ1n) is 14.3. The maximum Gasteiger partial charge on any atom is 0.220 e. The normalized spacial score (nSPS) is 18.5. The number of amides is 2. The average molecular weight is 577 g/mol. The predicted molar refractivity (Wildman–Crippen MR) is 161 cm³/mol. The number of benzene rings is 3. The van der Waals surface area contributed by atoms with Crippen LogP contribution < -0.4 is 10.6 Å². The van der Waals surface area contributed by atoms with Crippen molar-refractivity contribution in [3.8, 4) is 0 Å². The van der Waals surface area contributed by atoms with Gasteiger partial charge in [-0.05, 0) is 41.7 Å². The molecule has 2 amide bonds. The molecule has 8 heteroatoms. The van der Waals surface area contributed by atoms with Gasteiger partial charge in [0.05, 0.1) is 18.8 Å². The molecule has 1 heterocycles. The minimum Gasteiger partial charge on any atom is -0.392 e. The van der Waals surface area contributed by atoms with E-state index >= 15 is 0 Å². The van der Waals surface area contributed by atoms with Crippen molar-refractivity contribution >= 4 is 23.6 Å². The molecule has 0 saturated carbocycles. The molecule has 1 fully saturated rings. The second kappa shape index (κ2) is 16.3. The number of ether oxygens (including phenoxy) is 2. The SMILES string of the molecule is CC(=O)NCCCCCC(=O)NCc1ccc(C2OC(CSc3ccccc3)CC(c3ccc(CO)cc3)O2)cc1. The molecule has 3 aromatic carbocycles. The van der Waals surface area contributed by atoms with E-state index in [0.29, 0.717) is 19.5 Å². The van der Waals surface area contributed by atoms with Gasteiger partial charge in [-0.2, -0.15) is 0 Å². The monoisotopic (exact) mass is 576 g/mol. The van der Waals surface area contributed by atoms with Crippen LogP contribution >= 0.6 is 11.8 Å². The number of unbranched alkanes of at least 4 members (excludes halogenated alkanes) is 2. The Kier molecular flexibility index (Phi) is 12.3. The first-order chi connectivity index (χ1) is 20.0. The Labute approximate surface area is 247 Å². The molecular formula is C33H40N2O5S. The van der Waals surface area contributed by atoms with Gasteiger partial charge in [-0.15, -0.1) is 11.8 Å². The number of rotatable bonds is 14. The molecule has 3 N–H and O–H groups in total. The van der Waals surface area contributed by atoms with Crippen molar-refractivity contribution in [2.75, 3.05) is 12.3 Å². The molecule has 7 nitrogen and oxygen atoms in total. The summed E-state index contributed by atoms with van der Waals surface area (Å²) < 4.78 is 12.9. The second-order valence-corrected chi connectivity index (χ2v) is 11.4. The zero-order valence-corrected chi connectivity index (χ0v) is 24.4. The Hall–Kier alpha value is -3.17. The van der Waals surface area contributed by atoms with Crippen LogP contribution in [0.2, 0.25) is 0 Å². The van der Waals surface area contributed by atoms with Crippen molar-refractivity contribution < 1.29 is 24.2 Å². The van der Waals surface area contributed by atoms with E-state index in [0.717, 1.165) is 53.7 Å². The third-order valence-corrected chi connectivity index (χ3v) is 8.13. The van der Waals surface area contributed by atoms with Gasteiger partial charge in [0.25, 0.3) is 0 Å². The van der Waals surface area contributed by atoms with E-state index in [1.807, 2.05) is 66.7 Å². The van der Waals surface area contributed by atoms with Crippen LogP contribution in [0, 0.1) is 0 Å². The standard InChI is InChI=1S/C33H40N2O5S/c1-24(37)34-19-7-3-6-10-32(38)35-21-25-11-17-28(18-12-25)33-39-29(23-41-30-8-4-2-5-9-30)20-31(40-33)27-15-13-26(22-36)14-16-27/h2,4-5,8-9,11-18,29,31,33,36H,3,6-7,10,19-23H2,1H3,(H,34,37)(H,35,38). The van der Waals surface area contributed by atoms with Crippen LogP contribution in [-0.4, -0.2) is 35.3 Å². The lowest BCUT2D eigenvalue weighted by Gasteiger charge is -2.36. The average Bonchev–Trinajstić information content (AvgIpc) is 3.01. The van der Waals surface area contributed by atoms with Crippen LogP contribution in [0.15, 0.2) is 83.8 Å². The quantitative estimate of drug-likeness (QED) is 0.165. The van der Waals surface area contributed by atoms with Gasteiger partial charge in [0.1, 0.15) is 0 Å². The lowest BCUT2D eigenvalue weighted by atomic mass is 10.0. The number of aliphatic hydroxyl groups is 1.